The SMILES string of the molecule is Cc1ccc(C)c(OCc2coc(-c3ccccc3)n2)c1. The molecule has 21 heavy (non-hydrogen) atoms. The van der Waals surface area contributed by atoms with Crippen molar-refractivity contribution in [3.05, 3.63) is 71.6 Å². The second kappa shape index (κ2) is 5.83. The molecule has 0 aliphatic heterocycles. The Morgan fingerprint density at radius 1 is 1.05 bits per heavy atom. The van der Waals surface area contributed by atoms with Gasteiger partial charge in [0.2, 0.25) is 5.89 Å². The third-order valence-corrected chi connectivity index (χ3v) is 3.29. The highest BCUT2D eigenvalue weighted by Gasteiger charge is 2.07. The molecule has 0 unspecified atom stereocenters. The number of aromatic nitrogens is 1. The molecule has 0 N–H and O–H groups in total. The monoisotopic (exact) mass is 279 g/mol. The number of rotatable bonds is 4. The van der Waals surface area contributed by atoms with Crippen molar-refractivity contribution in [1.82, 2.24) is 4.98 Å². The van der Waals surface area contributed by atoms with Crippen molar-refractivity contribution in [1.29, 1.82) is 0 Å². The van der Waals surface area contributed by atoms with Crippen LogP contribution >= 0.6 is 0 Å². The van der Waals surface area contributed by atoms with E-state index >= 15 is 0 Å². The van der Waals surface area contributed by atoms with Crippen LogP contribution in [0.4, 0.5) is 0 Å². The van der Waals surface area contributed by atoms with E-state index in [1.807, 2.05) is 43.3 Å². The summed E-state index contributed by atoms with van der Waals surface area (Å²) in [5.41, 5.74) is 4.05. The quantitative estimate of drug-likeness (QED) is 0.703. The molecule has 0 atom stereocenters. The van der Waals surface area contributed by atoms with Gasteiger partial charge < -0.3 is 9.15 Å². The van der Waals surface area contributed by atoms with E-state index in [2.05, 4.69) is 24.0 Å². The molecule has 3 heteroatoms. The Hall–Kier alpha value is -2.55. The van der Waals surface area contributed by atoms with Gasteiger partial charge in [0.1, 0.15) is 24.3 Å². The first-order valence-corrected chi connectivity index (χ1v) is 6.92. The highest BCUT2D eigenvalue weighted by molar-refractivity contribution is 5.52. The van der Waals surface area contributed by atoms with Gasteiger partial charge in [0.05, 0.1) is 0 Å². The average Bonchev–Trinajstić information content (AvgIpc) is 2.98. The van der Waals surface area contributed by atoms with Gasteiger partial charge in [-0.05, 0) is 43.2 Å². The van der Waals surface area contributed by atoms with E-state index in [1.165, 1.54) is 5.56 Å². The van der Waals surface area contributed by atoms with Gasteiger partial charge in [-0.2, -0.15) is 0 Å². The summed E-state index contributed by atoms with van der Waals surface area (Å²) in [7, 11) is 0. The van der Waals surface area contributed by atoms with E-state index in [4.69, 9.17) is 9.15 Å². The number of oxazole rings is 1. The van der Waals surface area contributed by atoms with Crippen molar-refractivity contribution in [2.75, 3.05) is 0 Å². The Morgan fingerprint density at radius 2 is 1.86 bits per heavy atom. The third-order valence-electron chi connectivity index (χ3n) is 3.29. The first kappa shape index (κ1) is 13.4. The Labute approximate surface area is 124 Å². The van der Waals surface area contributed by atoms with Crippen LogP contribution in [-0.2, 0) is 6.61 Å². The van der Waals surface area contributed by atoms with Gasteiger partial charge in [-0.25, -0.2) is 4.98 Å². The van der Waals surface area contributed by atoms with Crippen molar-refractivity contribution in [3.63, 3.8) is 0 Å². The molecule has 0 fully saturated rings. The predicted octanol–water partition coefficient (Wildman–Crippen LogP) is 4.54. The molecule has 106 valence electrons. The molecule has 0 saturated heterocycles. The van der Waals surface area contributed by atoms with Crippen LogP contribution in [0, 0.1) is 13.8 Å². The molecule has 3 aromatic rings. The Morgan fingerprint density at radius 3 is 2.67 bits per heavy atom. The van der Waals surface area contributed by atoms with Gasteiger partial charge in [0, 0.05) is 5.56 Å². The van der Waals surface area contributed by atoms with Crippen molar-refractivity contribution in [2.24, 2.45) is 0 Å². The number of hydrogen-bond acceptors (Lipinski definition) is 3. The molecule has 3 nitrogen and oxygen atoms in total. The number of nitrogens with zero attached hydrogens (tertiary/aromatic N) is 1. The van der Waals surface area contributed by atoms with Crippen LogP contribution in [0.25, 0.3) is 11.5 Å². The largest absolute Gasteiger partial charge is 0.487 e. The lowest BCUT2D eigenvalue weighted by atomic mass is 10.1. The minimum Gasteiger partial charge on any atom is -0.487 e. The summed E-state index contributed by atoms with van der Waals surface area (Å²) in [5, 5.41) is 0. The van der Waals surface area contributed by atoms with Crippen molar-refractivity contribution >= 4 is 0 Å². The number of aryl methyl sites for hydroxylation is 2. The Balaban J connectivity index is 1.72. The molecule has 0 aliphatic rings. The molecule has 0 amide bonds. The summed E-state index contributed by atoms with van der Waals surface area (Å²) in [4.78, 5) is 4.46. The summed E-state index contributed by atoms with van der Waals surface area (Å²) < 4.78 is 11.3. The highest BCUT2D eigenvalue weighted by atomic mass is 16.5. The fraction of sp³-hybridized carbons (Fsp3) is 0.167. The Bertz CT molecular complexity index is 732. The van der Waals surface area contributed by atoms with Gasteiger partial charge in [-0.3, -0.25) is 0 Å². The van der Waals surface area contributed by atoms with Gasteiger partial charge in [-0.1, -0.05) is 30.3 Å². The van der Waals surface area contributed by atoms with Crippen LogP contribution in [0.15, 0.2) is 59.2 Å². The number of ether oxygens (including phenoxy) is 1. The zero-order valence-electron chi connectivity index (χ0n) is 12.2. The molecule has 0 radical (unpaired) electrons. The summed E-state index contributed by atoms with van der Waals surface area (Å²) in [6, 6.07) is 16.0. The van der Waals surface area contributed by atoms with Crippen LogP contribution in [-0.4, -0.2) is 4.98 Å². The van der Waals surface area contributed by atoms with Crippen LogP contribution in [0.1, 0.15) is 16.8 Å². The van der Waals surface area contributed by atoms with E-state index in [-0.39, 0.29) is 0 Å². The zero-order valence-corrected chi connectivity index (χ0v) is 12.2. The third kappa shape index (κ3) is 3.14. The molecular weight excluding hydrogens is 262 g/mol. The predicted molar refractivity (Wildman–Crippen MR) is 82.2 cm³/mol. The fourth-order valence-electron chi connectivity index (χ4n) is 2.10. The van der Waals surface area contributed by atoms with Crippen molar-refractivity contribution in [2.45, 2.75) is 20.5 Å². The second-order valence-electron chi connectivity index (χ2n) is 5.07. The standard InChI is InChI=1S/C18H17NO2/c1-13-8-9-14(2)17(10-13)20-11-16-12-21-18(19-16)15-6-4-3-5-7-15/h3-10,12H,11H2,1-2H3. The molecule has 3 rings (SSSR count). The van der Waals surface area contributed by atoms with Gasteiger partial charge in [0.25, 0.3) is 0 Å². The van der Waals surface area contributed by atoms with Gasteiger partial charge >= 0.3 is 0 Å². The lowest BCUT2D eigenvalue weighted by Gasteiger charge is -2.08. The first-order chi connectivity index (χ1) is 10.2. The highest BCUT2D eigenvalue weighted by Crippen LogP contribution is 2.22. The van der Waals surface area contributed by atoms with Crippen molar-refractivity contribution in [3.8, 4) is 17.2 Å². The molecule has 1 heterocycles. The minimum absolute atomic E-state index is 0.403. The molecule has 0 aliphatic carbocycles. The zero-order chi connectivity index (χ0) is 14.7. The molecule has 2 aromatic carbocycles. The molecule has 0 spiro atoms. The lowest BCUT2D eigenvalue weighted by molar-refractivity contribution is 0.298. The first-order valence-electron chi connectivity index (χ1n) is 6.92. The van der Waals surface area contributed by atoms with E-state index in [1.54, 1.807) is 6.26 Å². The molecule has 0 saturated carbocycles. The number of hydrogen-bond donors (Lipinski definition) is 0. The summed E-state index contributed by atoms with van der Waals surface area (Å²) >= 11 is 0. The molecule has 1 aromatic heterocycles. The maximum absolute atomic E-state index is 5.83. The van der Waals surface area contributed by atoms with Crippen LogP contribution in [0.5, 0.6) is 5.75 Å². The molecular formula is C18H17NO2. The topological polar surface area (TPSA) is 35.3 Å². The van der Waals surface area contributed by atoms with Gasteiger partial charge in [-0.15, -0.1) is 0 Å². The van der Waals surface area contributed by atoms with Crippen LogP contribution < -0.4 is 4.74 Å². The minimum atomic E-state index is 0.403. The smallest absolute Gasteiger partial charge is 0.226 e. The van der Waals surface area contributed by atoms with E-state index in [0.717, 1.165) is 22.6 Å². The van der Waals surface area contributed by atoms with E-state index < -0.39 is 0 Å². The Kier molecular flexibility index (Phi) is 3.73. The fourth-order valence-corrected chi connectivity index (χ4v) is 2.10. The van der Waals surface area contributed by atoms with Crippen LogP contribution in [0.2, 0.25) is 0 Å². The van der Waals surface area contributed by atoms with E-state index in [9.17, 15) is 0 Å². The maximum atomic E-state index is 5.83. The summed E-state index contributed by atoms with van der Waals surface area (Å²) in [5.74, 6) is 1.51. The normalized spacial score (nSPS) is 10.6. The number of benzene rings is 2. The lowest BCUT2D eigenvalue weighted by Crippen LogP contribution is -1.97. The summed E-state index contributed by atoms with van der Waals surface area (Å²) in [6.45, 7) is 4.49. The van der Waals surface area contributed by atoms with Crippen molar-refractivity contribution < 1.29 is 9.15 Å². The van der Waals surface area contributed by atoms with Crippen LogP contribution in [0.3, 0.4) is 0 Å². The molecule has 0 bridgehead atoms. The van der Waals surface area contributed by atoms with Gasteiger partial charge in [0.15, 0.2) is 0 Å². The second-order valence-corrected chi connectivity index (χ2v) is 5.07. The summed E-state index contributed by atoms with van der Waals surface area (Å²) in [6.07, 6.45) is 1.65. The maximum Gasteiger partial charge on any atom is 0.226 e. The average molecular weight is 279 g/mol. The van der Waals surface area contributed by atoms with E-state index in [0.29, 0.717) is 12.5 Å².